The quantitative estimate of drug-likeness (QED) is 0.426. The maximum atomic E-state index is 13.2. The number of benzene rings is 3. The van der Waals surface area contributed by atoms with Crippen LogP contribution in [0.3, 0.4) is 0 Å². The number of hydrogen-bond donors (Lipinski definition) is 1. The zero-order chi connectivity index (χ0) is 22.5. The van der Waals surface area contributed by atoms with Gasteiger partial charge in [0.2, 0.25) is 11.8 Å². The number of fused-ring (bicyclic) bond motifs is 3. The molecular formula is C26H26N2O4. The van der Waals surface area contributed by atoms with Gasteiger partial charge in [-0.05, 0) is 35.4 Å². The van der Waals surface area contributed by atoms with Crippen LogP contribution in [0.5, 0.6) is 5.75 Å². The molecular weight excluding hydrogens is 404 g/mol. The highest BCUT2D eigenvalue weighted by atomic mass is 16.5. The van der Waals surface area contributed by atoms with Gasteiger partial charge in [-0.1, -0.05) is 49.4 Å². The van der Waals surface area contributed by atoms with E-state index in [4.69, 9.17) is 9.15 Å². The fourth-order valence-corrected chi connectivity index (χ4v) is 3.95. The molecule has 0 aliphatic rings. The third-order valence-corrected chi connectivity index (χ3v) is 5.44. The number of nitrogens with one attached hydrogen (secondary N) is 1. The number of para-hydroxylation sites is 2. The van der Waals surface area contributed by atoms with Crippen LogP contribution in [-0.2, 0) is 16.0 Å². The molecule has 0 atom stereocenters. The molecule has 0 radical (unpaired) electrons. The number of furan rings is 1. The van der Waals surface area contributed by atoms with Crippen LogP contribution in [0.4, 0.5) is 5.69 Å². The molecule has 0 bridgehead atoms. The van der Waals surface area contributed by atoms with Gasteiger partial charge in [-0.15, -0.1) is 0 Å². The standard InChI is InChI=1S/C26H26N2O4/c1-3-14-28(16-24(29)27-21-10-6-7-11-22(21)31-2)25(30)15-19-17-32-23-13-12-18-8-4-5-9-20(18)26(19)23/h4-13,17H,3,14-16H2,1-2H3,(H,27,29). The van der Waals surface area contributed by atoms with Gasteiger partial charge in [-0.2, -0.15) is 0 Å². The van der Waals surface area contributed by atoms with Gasteiger partial charge in [0.05, 0.1) is 32.0 Å². The minimum absolute atomic E-state index is 0.0265. The Balaban J connectivity index is 1.53. The zero-order valence-electron chi connectivity index (χ0n) is 18.3. The molecule has 0 saturated carbocycles. The largest absolute Gasteiger partial charge is 0.495 e. The summed E-state index contributed by atoms with van der Waals surface area (Å²) in [7, 11) is 1.55. The van der Waals surface area contributed by atoms with E-state index in [9.17, 15) is 9.59 Å². The summed E-state index contributed by atoms with van der Waals surface area (Å²) in [5, 5.41) is 5.94. The van der Waals surface area contributed by atoms with Crippen molar-refractivity contribution in [3.8, 4) is 5.75 Å². The molecule has 0 saturated heterocycles. The number of methoxy groups -OCH3 is 1. The van der Waals surface area contributed by atoms with Gasteiger partial charge in [0, 0.05) is 17.5 Å². The van der Waals surface area contributed by atoms with E-state index in [1.165, 1.54) is 0 Å². The molecule has 4 rings (SSSR count). The lowest BCUT2D eigenvalue weighted by Gasteiger charge is -2.22. The Hall–Kier alpha value is -3.80. The molecule has 1 heterocycles. The highest BCUT2D eigenvalue weighted by Crippen LogP contribution is 2.30. The Bertz CT molecular complexity index is 1260. The van der Waals surface area contributed by atoms with E-state index in [1.54, 1.807) is 30.4 Å². The SMILES string of the molecule is CCCN(CC(=O)Nc1ccccc1OC)C(=O)Cc1coc2ccc3ccccc3c12. The second-order valence-corrected chi connectivity index (χ2v) is 7.66. The second-order valence-electron chi connectivity index (χ2n) is 7.66. The summed E-state index contributed by atoms with van der Waals surface area (Å²) in [4.78, 5) is 27.4. The van der Waals surface area contributed by atoms with Crippen molar-refractivity contribution in [2.24, 2.45) is 0 Å². The number of anilines is 1. The van der Waals surface area contributed by atoms with Crippen molar-refractivity contribution in [1.29, 1.82) is 0 Å². The third-order valence-electron chi connectivity index (χ3n) is 5.44. The molecule has 1 N–H and O–H groups in total. The van der Waals surface area contributed by atoms with Crippen molar-refractivity contribution in [2.45, 2.75) is 19.8 Å². The van der Waals surface area contributed by atoms with Gasteiger partial charge in [-0.25, -0.2) is 0 Å². The molecule has 4 aromatic rings. The topological polar surface area (TPSA) is 71.8 Å². The van der Waals surface area contributed by atoms with E-state index < -0.39 is 0 Å². The Morgan fingerprint density at radius 3 is 2.62 bits per heavy atom. The predicted octanol–water partition coefficient (Wildman–Crippen LogP) is 5.01. The predicted molar refractivity (Wildman–Crippen MR) is 126 cm³/mol. The van der Waals surface area contributed by atoms with E-state index in [0.717, 1.165) is 33.7 Å². The van der Waals surface area contributed by atoms with Crippen molar-refractivity contribution in [1.82, 2.24) is 4.90 Å². The Morgan fingerprint density at radius 2 is 1.81 bits per heavy atom. The first-order chi connectivity index (χ1) is 15.6. The minimum atomic E-state index is -0.265. The van der Waals surface area contributed by atoms with Crippen LogP contribution in [0.25, 0.3) is 21.7 Å². The van der Waals surface area contributed by atoms with Crippen LogP contribution in [0.1, 0.15) is 18.9 Å². The molecule has 1 aromatic heterocycles. The smallest absolute Gasteiger partial charge is 0.244 e. The molecule has 164 valence electrons. The average molecular weight is 431 g/mol. The normalized spacial score (nSPS) is 10.9. The number of carbonyl (C=O) groups is 2. The summed E-state index contributed by atoms with van der Waals surface area (Å²) in [6.07, 6.45) is 2.57. The zero-order valence-corrected chi connectivity index (χ0v) is 18.3. The third kappa shape index (κ3) is 4.44. The summed E-state index contributed by atoms with van der Waals surface area (Å²) in [6, 6.07) is 19.2. The first-order valence-electron chi connectivity index (χ1n) is 10.7. The highest BCUT2D eigenvalue weighted by Gasteiger charge is 2.20. The van der Waals surface area contributed by atoms with Crippen molar-refractivity contribution in [3.05, 3.63) is 72.5 Å². The van der Waals surface area contributed by atoms with E-state index in [1.807, 2.05) is 55.5 Å². The number of ether oxygens (including phenoxy) is 1. The first-order valence-corrected chi connectivity index (χ1v) is 10.7. The molecule has 0 aliphatic heterocycles. The Labute approximate surface area is 186 Å². The minimum Gasteiger partial charge on any atom is -0.495 e. The van der Waals surface area contributed by atoms with Crippen LogP contribution in [0.15, 0.2) is 71.3 Å². The van der Waals surface area contributed by atoms with E-state index in [2.05, 4.69) is 5.32 Å². The van der Waals surface area contributed by atoms with Crippen molar-refractivity contribution in [2.75, 3.05) is 25.5 Å². The molecule has 0 aliphatic carbocycles. The van der Waals surface area contributed by atoms with E-state index >= 15 is 0 Å². The molecule has 0 spiro atoms. The van der Waals surface area contributed by atoms with Crippen molar-refractivity contribution < 1.29 is 18.7 Å². The van der Waals surface area contributed by atoms with Gasteiger partial charge < -0.3 is 19.4 Å². The molecule has 2 amide bonds. The van der Waals surface area contributed by atoms with Crippen LogP contribution in [0.2, 0.25) is 0 Å². The Morgan fingerprint density at radius 1 is 1.03 bits per heavy atom. The maximum Gasteiger partial charge on any atom is 0.244 e. The second kappa shape index (κ2) is 9.56. The average Bonchev–Trinajstić information content (AvgIpc) is 3.22. The number of rotatable bonds is 8. The van der Waals surface area contributed by atoms with E-state index in [0.29, 0.717) is 18.0 Å². The summed E-state index contributed by atoms with van der Waals surface area (Å²) in [6.45, 7) is 2.45. The molecule has 3 aromatic carbocycles. The number of carbonyl (C=O) groups excluding carboxylic acids is 2. The first kappa shape index (κ1) is 21.4. The highest BCUT2D eigenvalue weighted by molar-refractivity contribution is 6.08. The fraction of sp³-hybridized carbons (Fsp3) is 0.231. The molecule has 0 unspecified atom stereocenters. The monoisotopic (exact) mass is 430 g/mol. The summed E-state index contributed by atoms with van der Waals surface area (Å²) >= 11 is 0. The van der Waals surface area contributed by atoms with Crippen LogP contribution in [0, 0.1) is 0 Å². The maximum absolute atomic E-state index is 13.2. The van der Waals surface area contributed by atoms with Gasteiger partial charge in [0.25, 0.3) is 0 Å². The van der Waals surface area contributed by atoms with Gasteiger partial charge in [0.1, 0.15) is 11.3 Å². The lowest BCUT2D eigenvalue weighted by molar-refractivity contribution is -0.134. The lowest BCUT2D eigenvalue weighted by atomic mass is 10.0. The number of amides is 2. The van der Waals surface area contributed by atoms with Crippen LogP contribution >= 0.6 is 0 Å². The van der Waals surface area contributed by atoms with Gasteiger partial charge in [0.15, 0.2) is 0 Å². The lowest BCUT2D eigenvalue weighted by Crippen LogP contribution is -2.39. The summed E-state index contributed by atoms with van der Waals surface area (Å²) < 4.78 is 11.0. The Kier molecular flexibility index (Phi) is 6.40. The van der Waals surface area contributed by atoms with Gasteiger partial charge in [-0.3, -0.25) is 9.59 Å². The molecule has 32 heavy (non-hydrogen) atoms. The summed E-state index contributed by atoms with van der Waals surface area (Å²) in [5.41, 5.74) is 2.16. The van der Waals surface area contributed by atoms with Gasteiger partial charge >= 0.3 is 0 Å². The van der Waals surface area contributed by atoms with E-state index in [-0.39, 0.29) is 24.8 Å². The van der Waals surface area contributed by atoms with Crippen molar-refractivity contribution in [3.63, 3.8) is 0 Å². The van der Waals surface area contributed by atoms with Crippen LogP contribution in [-0.4, -0.2) is 36.9 Å². The molecule has 6 nitrogen and oxygen atoms in total. The number of nitrogens with zero attached hydrogens (tertiary/aromatic N) is 1. The van der Waals surface area contributed by atoms with Crippen LogP contribution < -0.4 is 10.1 Å². The summed E-state index contributed by atoms with van der Waals surface area (Å²) in [5.74, 6) is 0.197. The fourth-order valence-electron chi connectivity index (χ4n) is 3.95. The van der Waals surface area contributed by atoms with Crippen molar-refractivity contribution >= 4 is 39.2 Å². The molecule has 6 heteroatoms. The molecule has 0 fully saturated rings. The number of hydrogen-bond acceptors (Lipinski definition) is 4.